The molecule has 2 aromatic carbocycles. The van der Waals surface area contributed by atoms with Crippen molar-refractivity contribution >= 4 is 0 Å². The van der Waals surface area contributed by atoms with Crippen LogP contribution in [-0.4, -0.2) is 13.2 Å². The molecule has 3 nitrogen and oxygen atoms in total. The molecule has 0 unspecified atom stereocenters. The summed E-state index contributed by atoms with van der Waals surface area (Å²) < 4.78 is 24.7. The average Bonchev–Trinajstić information content (AvgIpc) is 2.65. The van der Waals surface area contributed by atoms with Crippen LogP contribution in [0.25, 0.3) is 0 Å². The van der Waals surface area contributed by atoms with Gasteiger partial charge in [-0.1, -0.05) is 44.9 Å². The van der Waals surface area contributed by atoms with Crippen LogP contribution in [0.2, 0.25) is 0 Å². The first kappa shape index (κ1) is 20.2. The zero-order chi connectivity index (χ0) is 18.6. The molecule has 0 fully saturated rings. The molecule has 1 N–H and O–H groups in total. The topological polar surface area (TPSA) is 30.5 Å². The van der Waals surface area contributed by atoms with Crippen molar-refractivity contribution in [3.63, 3.8) is 0 Å². The van der Waals surface area contributed by atoms with Crippen LogP contribution in [-0.2, 0) is 13.1 Å². The third-order valence-corrected chi connectivity index (χ3v) is 4.12. The Labute approximate surface area is 156 Å². The lowest BCUT2D eigenvalue weighted by Crippen LogP contribution is -2.14. The predicted octanol–water partition coefficient (Wildman–Crippen LogP) is 5.47. The fourth-order valence-corrected chi connectivity index (χ4v) is 2.51. The molecule has 0 heterocycles. The van der Waals surface area contributed by atoms with Crippen molar-refractivity contribution in [2.24, 2.45) is 0 Å². The highest BCUT2D eigenvalue weighted by Crippen LogP contribution is 2.25. The number of hydrogen-bond acceptors (Lipinski definition) is 3. The van der Waals surface area contributed by atoms with Crippen molar-refractivity contribution in [3.8, 4) is 11.5 Å². The van der Waals surface area contributed by atoms with Crippen molar-refractivity contribution in [1.29, 1.82) is 0 Å². The Hall–Kier alpha value is -2.07. The Morgan fingerprint density at radius 3 is 2.23 bits per heavy atom. The summed E-state index contributed by atoms with van der Waals surface area (Å²) in [5.41, 5.74) is 2.16. The summed E-state index contributed by atoms with van der Waals surface area (Å²) in [5.74, 6) is 1.52. The van der Waals surface area contributed by atoms with E-state index in [1.807, 2.05) is 12.1 Å². The lowest BCUT2D eigenvalue weighted by Gasteiger charge is -2.14. The largest absolute Gasteiger partial charge is 0.493 e. The molecule has 0 aromatic heterocycles. The van der Waals surface area contributed by atoms with Gasteiger partial charge in [-0.25, -0.2) is 4.39 Å². The summed E-state index contributed by atoms with van der Waals surface area (Å²) >= 11 is 0. The van der Waals surface area contributed by atoms with Crippen LogP contribution < -0.4 is 14.8 Å². The Kier molecular flexibility index (Phi) is 8.98. The third kappa shape index (κ3) is 7.04. The minimum atomic E-state index is -0.209. The van der Waals surface area contributed by atoms with E-state index in [0.717, 1.165) is 54.9 Å². The normalized spacial score (nSPS) is 10.7. The van der Waals surface area contributed by atoms with E-state index in [-0.39, 0.29) is 5.82 Å². The Morgan fingerprint density at radius 1 is 0.846 bits per heavy atom. The molecule has 0 aliphatic carbocycles. The maximum Gasteiger partial charge on any atom is 0.127 e. The first-order valence-electron chi connectivity index (χ1n) is 9.56. The third-order valence-electron chi connectivity index (χ3n) is 4.12. The maximum absolute atomic E-state index is 13.0. The first-order chi connectivity index (χ1) is 12.7. The number of ether oxygens (including phenoxy) is 2. The van der Waals surface area contributed by atoms with Gasteiger partial charge in [-0.2, -0.15) is 0 Å². The minimum absolute atomic E-state index is 0.209. The molecule has 0 spiro atoms. The van der Waals surface area contributed by atoms with Crippen LogP contribution in [0.4, 0.5) is 4.39 Å². The van der Waals surface area contributed by atoms with E-state index in [2.05, 4.69) is 25.2 Å². The van der Waals surface area contributed by atoms with Crippen LogP contribution in [0.1, 0.15) is 50.7 Å². The van der Waals surface area contributed by atoms with Crippen molar-refractivity contribution in [1.82, 2.24) is 5.32 Å². The van der Waals surface area contributed by atoms with E-state index in [9.17, 15) is 4.39 Å². The van der Waals surface area contributed by atoms with Gasteiger partial charge in [0.05, 0.1) is 13.2 Å². The van der Waals surface area contributed by atoms with Crippen LogP contribution in [0.15, 0.2) is 42.5 Å². The highest BCUT2D eigenvalue weighted by atomic mass is 19.1. The molecule has 2 aromatic rings. The van der Waals surface area contributed by atoms with Gasteiger partial charge in [-0.15, -0.1) is 0 Å². The van der Waals surface area contributed by atoms with E-state index in [4.69, 9.17) is 9.47 Å². The van der Waals surface area contributed by atoms with Crippen LogP contribution in [0.5, 0.6) is 11.5 Å². The second-order valence-corrected chi connectivity index (χ2v) is 6.40. The summed E-state index contributed by atoms with van der Waals surface area (Å²) in [5, 5.41) is 3.40. The van der Waals surface area contributed by atoms with Gasteiger partial charge in [0.25, 0.3) is 0 Å². The van der Waals surface area contributed by atoms with Gasteiger partial charge in [0.1, 0.15) is 17.3 Å². The van der Waals surface area contributed by atoms with Gasteiger partial charge in [0.2, 0.25) is 0 Å². The fourth-order valence-electron chi connectivity index (χ4n) is 2.51. The fraction of sp³-hybridized carbons (Fsp3) is 0.455. The zero-order valence-corrected chi connectivity index (χ0v) is 15.9. The summed E-state index contributed by atoms with van der Waals surface area (Å²) in [6, 6.07) is 12.6. The molecule has 2 rings (SSSR count). The van der Waals surface area contributed by atoms with Gasteiger partial charge >= 0.3 is 0 Å². The Morgan fingerprint density at radius 2 is 1.54 bits per heavy atom. The van der Waals surface area contributed by atoms with Crippen molar-refractivity contribution in [2.75, 3.05) is 13.2 Å². The predicted molar refractivity (Wildman–Crippen MR) is 104 cm³/mol. The van der Waals surface area contributed by atoms with E-state index in [1.54, 1.807) is 12.1 Å². The number of benzene rings is 2. The molecular weight excluding hydrogens is 329 g/mol. The molecule has 0 saturated carbocycles. The number of rotatable bonds is 12. The molecule has 0 saturated heterocycles. The molecule has 26 heavy (non-hydrogen) atoms. The van der Waals surface area contributed by atoms with Gasteiger partial charge in [-0.05, 0) is 36.6 Å². The van der Waals surface area contributed by atoms with E-state index in [0.29, 0.717) is 19.7 Å². The molecule has 0 bridgehead atoms. The van der Waals surface area contributed by atoms with E-state index >= 15 is 0 Å². The number of halogens is 1. The molecule has 0 aliphatic rings. The Bertz CT molecular complexity index is 643. The Balaban J connectivity index is 1.95. The van der Waals surface area contributed by atoms with Crippen molar-refractivity contribution < 1.29 is 13.9 Å². The SMILES string of the molecule is CCCCOc1ccc(CNCc2ccc(F)cc2)c(OCCCC)c1. The smallest absolute Gasteiger partial charge is 0.127 e. The van der Waals surface area contributed by atoms with Crippen molar-refractivity contribution in [3.05, 3.63) is 59.4 Å². The minimum Gasteiger partial charge on any atom is -0.493 e. The summed E-state index contributed by atoms with van der Waals surface area (Å²) in [7, 11) is 0. The number of hydrogen-bond donors (Lipinski definition) is 1. The second-order valence-electron chi connectivity index (χ2n) is 6.40. The van der Waals surface area contributed by atoms with Crippen LogP contribution in [0, 0.1) is 5.82 Å². The zero-order valence-electron chi connectivity index (χ0n) is 15.9. The molecule has 4 heteroatoms. The molecule has 0 atom stereocenters. The molecule has 0 aliphatic heterocycles. The lowest BCUT2D eigenvalue weighted by atomic mass is 10.1. The molecule has 142 valence electrons. The van der Waals surface area contributed by atoms with Crippen molar-refractivity contribution in [2.45, 2.75) is 52.6 Å². The summed E-state index contributed by atoms with van der Waals surface area (Å²) in [6.07, 6.45) is 4.30. The van der Waals surface area contributed by atoms with Gasteiger partial charge in [0.15, 0.2) is 0 Å². The average molecular weight is 359 g/mol. The van der Waals surface area contributed by atoms with Gasteiger partial charge < -0.3 is 14.8 Å². The highest BCUT2D eigenvalue weighted by Gasteiger charge is 2.07. The molecule has 0 radical (unpaired) electrons. The first-order valence-corrected chi connectivity index (χ1v) is 9.56. The quantitative estimate of drug-likeness (QED) is 0.510. The number of unbranched alkanes of at least 4 members (excludes halogenated alkanes) is 2. The molecule has 0 amide bonds. The van der Waals surface area contributed by atoms with Gasteiger partial charge in [0, 0.05) is 24.7 Å². The monoisotopic (exact) mass is 359 g/mol. The summed E-state index contributed by atoms with van der Waals surface area (Å²) in [4.78, 5) is 0. The maximum atomic E-state index is 13.0. The van der Waals surface area contributed by atoms with Crippen LogP contribution >= 0.6 is 0 Å². The standard InChI is InChI=1S/C22H30FNO2/c1-3-5-13-25-21-12-9-19(22(15-21)26-14-6-4-2)17-24-16-18-7-10-20(23)11-8-18/h7-12,15,24H,3-6,13-14,16-17H2,1-2H3. The van der Waals surface area contributed by atoms with E-state index < -0.39 is 0 Å². The van der Waals surface area contributed by atoms with Gasteiger partial charge in [-0.3, -0.25) is 0 Å². The van der Waals surface area contributed by atoms with Crippen LogP contribution in [0.3, 0.4) is 0 Å². The molecular formula is C22H30FNO2. The number of nitrogens with one attached hydrogen (secondary N) is 1. The highest BCUT2D eigenvalue weighted by molar-refractivity contribution is 5.40. The summed E-state index contributed by atoms with van der Waals surface area (Å²) in [6.45, 7) is 7.11. The second kappa shape index (κ2) is 11.5. The lowest BCUT2D eigenvalue weighted by molar-refractivity contribution is 0.291. The van der Waals surface area contributed by atoms with E-state index in [1.165, 1.54) is 12.1 Å².